The maximum absolute atomic E-state index is 12.9. The van der Waals surface area contributed by atoms with Gasteiger partial charge >= 0.3 is 0 Å². The van der Waals surface area contributed by atoms with Crippen molar-refractivity contribution in [2.75, 3.05) is 30.4 Å². The van der Waals surface area contributed by atoms with Crippen LogP contribution in [0.3, 0.4) is 0 Å². The number of hydrogen-bond acceptors (Lipinski definition) is 8. The van der Waals surface area contributed by atoms with Crippen LogP contribution in [0.5, 0.6) is 11.5 Å². The van der Waals surface area contributed by atoms with Crippen molar-refractivity contribution in [1.29, 1.82) is 0 Å². The number of sulfonamides is 1. The molecule has 12 heteroatoms. The second kappa shape index (κ2) is 8.08. The predicted molar refractivity (Wildman–Crippen MR) is 111 cm³/mol. The molecule has 1 N–H and O–H groups in total. The maximum atomic E-state index is 12.9. The number of hydrogen-bond donors (Lipinski definition) is 1. The third kappa shape index (κ3) is 4.55. The molecule has 1 unspecified atom stereocenters. The van der Waals surface area contributed by atoms with E-state index in [0.29, 0.717) is 5.75 Å². The topological polar surface area (TPSA) is 133 Å². The molecular formula is C18H21NO8S3. The average molecular weight is 476 g/mol. The molecule has 0 bridgehead atoms. The number of methoxy groups -OCH3 is 2. The van der Waals surface area contributed by atoms with Gasteiger partial charge in [-0.05, 0) is 36.8 Å². The molecule has 0 amide bonds. The van der Waals surface area contributed by atoms with E-state index in [1.807, 2.05) is 0 Å². The summed E-state index contributed by atoms with van der Waals surface area (Å²) >= 11 is 0. The highest BCUT2D eigenvalue weighted by Gasteiger charge is 2.38. The second-order valence-corrected chi connectivity index (χ2v) is 12.9. The summed E-state index contributed by atoms with van der Waals surface area (Å²) in [6.45, 7) is 0. The smallest absolute Gasteiger partial charge is 0.262 e. The highest BCUT2D eigenvalue weighted by atomic mass is 32.2. The third-order valence-electron chi connectivity index (χ3n) is 4.72. The van der Waals surface area contributed by atoms with E-state index in [2.05, 4.69) is 4.72 Å². The van der Waals surface area contributed by atoms with Crippen LogP contribution >= 0.6 is 0 Å². The molecule has 0 spiro atoms. The summed E-state index contributed by atoms with van der Waals surface area (Å²) in [7, 11) is -8.78. The van der Waals surface area contributed by atoms with Crippen molar-refractivity contribution in [2.24, 2.45) is 0 Å². The van der Waals surface area contributed by atoms with Gasteiger partial charge in [-0.3, -0.25) is 4.72 Å². The zero-order valence-corrected chi connectivity index (χ0v) is 18.7. The van der Waals surface area contributed by atoms with E-state index in [4.69, 9.17) is 9.47 Å². The fourth-order valence-electron chi connectivity index (χ4n) is 3.11. The number of rotatable bonds is 7. The van der Waals surface area contributed by atoms with E-state index in [0.717, 1.165) is 6.07 Å². The Kier molecular flexibility index (Phi) is 6.03. The van der Waals surface area contributed by atoms with Crippen molar-refractivity contribution < 1.29 is 34.7 Å². The van der Waals surface area contributed by atoms with E-state index in [1.165, 1.54) is 44.6 Å². The van der Waals surface area contributed by atoms with Gasteiger partial charge in [0.15, 0.2) is 19.7 Å². The van der Waals surface area contributed by atoms with Crippen molar-refractivity contribution in [2.45, 2.75) is 21.5 Å². The summed E-state index contributed by atoms with van der Waals surface area (Å²) in [5, 5.41) is -1.09. The van der Waals surface area contributed by atoms with E-state index in [1.54, 1.807) is 6.07 Å². The molecule has 2 aromatic carbocycles. The van der Waals surface area contributed by atoms with Gasteiger partial charge in [0.25, 0.3) is 10.0 Å². The number of nitrogens with one attached hydrogen (secondary N) is 1. The lowest BCUT2D eigenvalue weighted by Gasteiger charge is -2.14. The van der Waals surface area contributed by atoms with Crippen LogP contribution in [-0.4, -0.2) is 56.2 Å². The van der Waals surface area contributed by atoms with Crippen LogP contribution < -0.4 is 14.2 Å². The average Bonchev–Trinajstić information content (AvgIpc) is 3.08. The molecule has 1 fully saturated rings. The van der Waals surface area contributed by atoms with Crippen LogP contribution in [0.15, 0.2) is 52.3 Å². The first kappa shape index (κ1) is 22.4. The lowest BCUT2D eigenvalue weighted by molar-refractivity contribution is 0.405. The minimum Gasteiger partial charge on any atom is -0.497 e. The highest BCUT2D eigenvalue weighted by molar-refractivity contribution is 7.96. The molecular weight excluding hydrogens is 454 g/mol. The van der Waals surface area contributed by atoms with Crippen LogP contribution in [0.4, 0.5) is 5.69 Å². The summed E-state index contributed by atoms with van der Waals surface area (Å²) in [4.78, 5) is -0.528. The molecule has 0 radical (unpaired) electrons. The summed E-state index contributed by atoms with van der Waals surface area (Å²) in [6, 6.07) is 9.38. The molecule has 0 aromatic heterocycles. The summed E-state index contributed by atoms with van der Waals surface area (Å²) in [5.74, 6) is -0.0240. The second-order valence-electron chi connectivity index (χ2n) is 6.72. The Morgan fingerprint density at radius 1 is 0.967 bits per heavy atom. The van der Waals surface area contributed by atoms with Crippen LogP contribution in [0.2, 0.25) is 0 Å². The quantitative estimate of drug-likeness (QED) is 0.636. The Labute approximate surface area is 175 Å². The normalized spacial score (nSPS) is 18.7. The Hall–Kier alpha value is -2.31. The fourth-order valence-corrected chi connectivity index (χ4v) is 8.70. The molecule has 164 valence electrons. The van der Waals surface area contributed by atoms with E-state index < -0.39 is 40.7 Å². The number of sulfone groups is 2. The van der Waals surface area contributed by atoms with Crippen molar-refractivity contribution in [3.8, 4) is 11.5 Å². The molecule has 2 aromatic rings. The fraction of sp³-hybridized carbons (Fsp3) is 0.333. The van der Waals surface area contributed by atoms with Crippen LogP contribution in [0, 0.1) is 0 Å². The lowest BCUT2D eigenvalue weighted by atomic mass is 10.3. The minimum absolute atomic E-state index is 0.0130. The van der Waals surface area contributed by atoms with Crippen LogP contribution in [-0.2, 0) is 29.7 Å². The predicted octanol–water partition coefficient (Wildman–Crippen LogP) is 1.47. The zero-order chi connectivity index (χ0) is 22.2. The van der Waals surface area contributed by atoms with Crippen molar-refractivity contribution in [1.82, 2.24) is 0 Å². The van der Waals surface area contributed by atoms with Crippen LogP contribution in [0.25, 0.3) is 0 Å². The molecule has 1 aliphatic heterocycles. The van der Waals surface area contributed by atoms with Crippen molar-refractivity contribution >= 4 is 35.4 Å². The zero-order valence-electron chi connectivity index (χ0n) is 16.2. The standard InChI is InChI=1S/C18H21NO8S3/c1-26-13-6-7-18(27-2)17(10-13)19-30(24,25)15-5-3-4-14(11-15)29(22,23)16-8-9-28(20,21)12-16/h3-7,10-11,16,19H,8-9,12H2,1-2H3. The first-order valence-electron chi connectivity index (χ1n) is 8.78. The molecule has 1 aliphatic rings. The third-order valence-corrected chi connectivity index (χ3v) is 10.3. The van der Waals surface area contributed by atoms with Gasteiger partial charge < -0.3 is 9.47 Å². The molecule has 30 heavy (non-hydrogen) atoms. The number of benzene rings is 2. The van der Waals surface area contributed by atoms with Crippen molar-refractivity contribution in [3.63, 3.8) is 0 Å². The summed E-state index contributed by atoms with van der Waals surface area (Å²) < 4.78 is 87.4. The number of ether oxygens (including phenoxy) is 2. The monoisotopic (exact) mass is 475 g/mol. The maximum Gasteiger partial charge on any atom is 0.262 e. The Balaban J connectivity index is 1.96. The van der Waals surface area contributed by atoms with Crippen molar-refractivity contribution in [3.05, 3.63) is 42.5 Å². The number of anilines is 1. The molecule has 9 nitrogen and oxygen atoms in total. The van der Waals surface area contributed by atoms with E-state index in [9.17, 15) is 25.3 Å². The Bertz CT molecular complexity index is 1270. The van der Waals surface area contributed by atoms with Gasteiger partial charge in [-0.2, -0.15) is 0 Å². The first-order valence-corrected chi connectivity index (χ1v) is 13.6. The van der Waals surface area contributed by atoms with Gasteiger partial charge in [-0.25, -0.2) is 25.3 Å². The molecule has 0 aliphatic carbocycles. The van der Waals surface area contributed by atoms with E-state index in [-0.39, 0.29) is 33.4 Å². The lowest BCUT2D eigenvalue weighted by Crippen LogP contribution is -2.23. The summed E-state index contributed by atoms with van der Waals surface area (Å²) in [5.41, 5.74) is 0.118. The highest BCUT2D eigenvalue weighted by Crippen LogP contribution is 2.32. The molecule has 1 atom stereocenters. The van der Waals surface area contributed by atoms with Gasteiger partial charge in [0.2, 0.25) is 0 Å². The van der Waals surface area contributed by atoms with E-state index >= 15 is 0 Å². The molecule has 1 heterocycles. The largest absolute Gasteiger partial charge is 0.497 e. The van der Waals surface area contributed by atoms with Gasteiger partial charge in [-0.15, -0.1) is 0 Å². The van der Waals surface area contributed by atoms with Gasteiger partial charge in [0.05, 0.1) is 46.5 Å². The van der Waals surface area contributed by atoms with Gasteiger partial charge in [0, 0.05) is 6.07 Å². The minimum atomic E-state index is -4.17. The Morgan fingerprint density at radius 3 is 2.27 bits per heavy atom. The molecule has 0 saturated carbocycles. The molecule has 1 saturated heterocycles. The summed E-state index contributed by atoms with van der Waals surface area (Å²) in [6.07, 6.45) is -0.0130. The van der Waals surface area contributed by atoms with Gasteiger partial charge in [0.1, 0.15) is 11.5 Å². The Morgan fingerprint density at radius 2 is 1.67 bits per heavy atom. The molecule has 3 rings (SSSR count). The van der Waals surface area contributed by atoms with Crippen LogP contribution in [0.1, 0.15) is 6.42 Å². The first-order chi connectivity index (χ1) is 14.0. The van der Waals surface area contributed by atoms with Gasteiger partial charge in [-0.1, -0.05) is 6.07 Å². The SMILES string of the molecule is COc1ccc(OC)c(NS(=O)(=O)c2cccc(S(=O)(=O)C3CCS(=O)(=O)C3)c2)c1.